The number of carbonyl (C=O) groups excluding carboxylic acids is 1. The highest BCUT2D eigenvalue weighted by atomic mass is 16.5. The van der Waals surface area contributed by atoms with Crippen molar-refractivity contribution < 1.29 is 9.53 Å². The van der Waals surface area contributed by atoms with Crippen molar-refractivity contribution in [2.75, 3.05) is 7.11 Å². The first-order valence-corrected chi connectivity index (χ1v) is 7.68. The van der Waals surface area contributed by atoms with Crippen molar-refractivity contribution in [3.05, 3.63) is 34.9 Å². The number of rotatable bonds is 6. The minimum atomic E-state index is -0.121. The minimum Gasteiger partial charge on any atom is -0.469 e. The molecule has 1 fully saturated rings. The summed E-state index contributed by atoms with van der Waals surface area (Å²) in [5.41, 5.74) is 4.35. The van der Waals surface area contributed by atoms with E-state index in [1.54, 1.807) is 0 Å². The van der Waals surface area contributed by atoms with Gasteiger partial charge in [0.25, 0.3) is 0 Å². The van der Waals surface area contributed by atoms with E-state index in [1.807, 2.05) is 0 Å². The van der Waals surface area contributed by atoms with Crippen LogP contribution in [0.15, 0.2) is 18.2 Å². The van der Waals surface area contributed by atoms with Gasteiger partial charge in [0.1, 0.15) is 0 Å². The van der Waals surface area contributed by atoms with Crippen molar-refractivity contribution in [1.29, 1.82) is 0 Å². The second kappa shape index (κ2) is 5.96. The molecule has 1 aromatic carbocycles. The molecule has 2 aliphatic rings. The number of hydrogen-bond acceptors (Lipinski definition) is 3. The standard InChI is InChI=1S/C17H23NO2/c1-20-17(19)11-16(18-15-7-8-15)10-12-5-6-13-3-2-4-14(13)9-12/h5-6,9,15-16,18H,2-4,7-8,10-11H2,1H3. The molecule has 20 heavy (non-hydrogen) atoms. The van der Waals surface area contributed by atoms with Gasteiger partial charge in [0.2, 0.25) is 0 Å². The number of hydrogen-bond donors (Lipinski definition) is 1. The molecule has 1 N–H and O–H groups in total. The van der Waals surface area contributed by atoms with Gasteiger partial charge in [-0.05, 0) is 55.2 Å². The molecule has 1 unspecified atom stereocenters. The van der Waals surface area contributed by atoms with Crippen LogP contribution in [0.25, 0.3) is 0 Å². The molecule has 0 spiro atoms. The van der Waals surface area contributed by atoms with E-state index in [0.717, 1.165) is 6.42 Å². The van der Waals surface area contributed by atoms with Gasteiger partial charge in [0.05, 0.1) is 13.5 Å². The maximum atomic E-state index is 11.5. The summed E-state index contributed by atoms with van der Waals surface area (Å²) in [7, 11) is 1.46. The summed E-state index contributed by atoms with van der Waals surface area (Å²) in [6, 6.07) is 7.64. The van der Waals surface area contributed by atoms with Crippen LogP contribution in [-0.2, 0) is 28.8 Å². The second-order valence-corrected chi connectivity index (χ2v) is 6.08. The molecule has 3 heteroatoms. The Balaban J connectivity index is 1.66. The van der Waals surface area contributed by atoms with Crippen LogP contribution < -0.4 is 5.32 Å². The highest BCUT2D eigenvalue weighted by Gasteiger charge is 2.26. The molecule has 2 aliphatic carbocycles. The summed E-state index contributed by atoms with van der Waals surface area (Å²) < 4.78 is 4.82. The maximum absolute atomic E-state index is 11.5. The zero-order chi connectivity index (χ0) is 13.9. The maximum Gasteiger partial charge on any atom is 0.307 e. The lowest BCUT2D eigenvalue weighted by atomic mass is 9.99. The highest BCUT2D eigenvalue weighted by molar-refractivity contribution is 5.70. The second-order valence-electron chi connectivity index (χ2n) is 6.08. The number of fused-ring (bicyclic) bond motifs is 1. The summed E-state index contributed by atoms with van der Waals surface area (Å²) in [5.74, 6) is -0.121. The summed E-state index contributed by atoms with van der Waals surface area (Å²) in [4.78, 5) is 11.5. The van der Waals surface area contributed by atoms with Gasteiger partial charge in [-0.25, -0.2) is 0 Å². The number of ether oxygens (including phenoxy) is 1. The zero-order valence-electron chi connectivity index (χ0n) is 12.2. The quantitative estimate of drug-likeness (QED) is 0.809. The normalized spacial score (nSPS) is 18.6. The Morgan fingerprint density at radius 1 is 1.35 bits per heavy atom. The van der Waals surface area contributed by atoms with Crippen LogP contribution in [0.5, 0.6) is 0 Å². The van der Waals surface area contributed by atoms with Crippen molar-refractivity contribution >= 4 is 5.97 Å². The van der Waals surface area contributed by atoms with Gasteiger partial charge in [-0.3, -0.25) is 4.79 Å². The molecular weight excluding hydrogens is 250 g/mol. The average molecular weight is 273 g/mol. The predicted molar refractivity (Wildman–Crippen MR) is 78.7 cm³/mol. The largest absolute Gasteiger partial charge is 0.469 e. The highest BCUT2D eigenvalue weighted by Crippen LogP contribution is 2.25. The summed E-state index contributed by atoms with van der Waals surface area (Å²) in [5, 5.41) is 3.57. The number of methoxy groups -OCH3 is 1. The van der Waals surface area contributed by atoms with E-state index in [-0.39, 0.29) is 12.0 Å². The van der Waals surface area contributed by atoms with Crippen molar-refractivity contribution in [2.45, 2.75) is 57.0 Å². The van der Waals surface area contributed by atoms with E-state index in [1.165, 1.54) is 55.9 Å². The molecule has 1 aromatic rings. The van der Waals surface area contributed by atoms with Crippen LogP contribution in [-0.4, -0.2) is 25.2 Å². The SMILES string of the molecule is COC(=O)CC(Cc1ccc2c(c1)CCC2)NC1CC1. The lowest BCUT2D eigenvalue weighted by Gasteiger charge is -2.18. The molecule has 1 atom stereocenters. The molecule has 0 bridgehead atoms. The van der Waals surface area contributed by atoms with Crippen molar-refractivity contribution in [3.63, 3.8) is 0 Å². The number of aryl methyl sites for hydroxylation is 2. The van der Waals surface area contributed by atoms with Crippen LogP contribution in [0, 0.1) is 0 Å². The third-order valence-corrected chi connectivity index (χ3v) is 4.33. The number of carbonyl (C=O) groups is 1. The Labute approximate surface area is 120 Å². The Bertz CT molecular complexity index is 494. The average Bonchev–Trinajstić information content (AvgIpc) is 3.13. The fourth-order valence-corrected chi connectivity index (χ4v) is 3.09. The van der Waals surface area contributed by atoms with Gasteiger partial charge in [0.15, 0.2) is 0 Å². The molecule has 0 aromatic heterocycles. The van der Waals surface area contributed by atoms with E-state index >= 15 is 0 Å². The lowest BCUT2D eigenvalue weighted by molar-refractivity contribution is -0.141. The Morgan fingerprint density at radius 2 is 2.15 bits per heavy atom. The van der Waals surface area contributed by atoms with Crippen LogP contribution in [0.1, 0.15) is 42.4 Å². The first-order valence-electron chi connectivity index (χ1n) is 7.68. The van der Waals surface area contributed by atoms with Gasteiger partial charge < -0.3 is 10.1 Å². The van der Waals surface area contributed by atoms with Gasteiger partial charge in [-0.1, -0.05) is 18.2 Å². The fraction of sp³-hybridized carbons (Fsp3) is 0.588. The van der Waals surface area contributed by atoms with E-state index in [4.69, 9.17) is 4.74 Å². The van der Waals surface area contributed by atoms with E-state index in [9.17, 15) is 4.79 Å². The molecular formula is C17H23NO2. The van der Waals surface area contributed by atoms with Crippen LogP contribution >= 0.6 is 0 Å². The van der Waals surface area contributed by atoms with Gasteiger partial charge in [-0.2, -0.15) is 0 Å². The smallest absolute Gasteiger partial charge is 0.307 e. The molecule has 0 heterocycles. The van der Waals surface area contributed by atoms with E-state index < -0.39 is 0 Å². The molecule has 0 aliphatic heterocycles. The molecule has 3 nitrogen and oxygen atoms in total. The Morgan fingerprint density at radius 3 is 2.90 bits per heavy atom. The first kappa shape index (κ1) is 13.6. The van der Waals surface area contributed by atoms with Crippen molar-refractivity contribution in [1.82, 2.24) is 5.32 Å². The Kier molecular flexibility index (Phi) is 4.06. The third-order valence-electron chi connectivity index (χ3n) is 4.33. The van der Waals surface area contributed by atoms with Crippen LogP contribution in [0.4, 0.5) is 0 Å². The molecule has 0 amide bonds. The van der Waals surface area contributed by atoms with Gasteiger partial charge >= 0.3 is 5.97 Å². The van der Waals surface area contributed by atoms with Gasteiger partial charge in [0, 0.05) is 12.1 Å². The topological polar surface area (TPSA) is 38.3 Å². The van der Waals surface area contributed by atoms with Crippen LogP contribution in [0.3, 0.4) is 0 Å². The summed E-state index contributed by atoms with van der Waals surface area (Å²) in [6.07, 6.45) is 7.57. The fourth-order valence-electron chi connectivity index (χ4n) is 3.09. The van der Waals surface area contributed by atoms with Crippen molar-refractivity contribution in [3.8, 4) is 0 Å². The van der Waals surface area contributed by atoms with Gasteiger partial charge in [-0.15, -0.1) is 0 Å². The molecule has 3 rings (SSSR count). The molecule has 0 radical (unpaired) electrons. The Hall–Kier alpha value is -1.35. The van der Waals surface area contributed by atoms with E-state index in [0.29, 0.717) is 12.5 Å². The predicted octanol–water partition coefficient (Wildman–Crippen LogP) is 2.40. The van der Waals surface area contributed by atoms with Crippen molar-refractivity contribution in [2.24, 2.45) is 0 Å². The van der Waals surface area contributed by atoms with Crippen LogP contribution in [0.2, 0.25) is 0 Å². The monoisotopic (exact) mass is 273 g/mol. The zero-order valence-corrected chi connectivity index (χ0v) is 12.2. The number of esters is 1. The lowest BCUT2D eigenvalue weighted by Crippen LogP contribution is -2.35. The summed E-state index contributed by atoms with van der Waals surface area (Å²) >= 11 is 0. The minimum absolute atomic E-state index is 0.121. The van der Waals surface area contributed by atoms with E-state index in [2.05, 4.69) is 23.5 Å². The third kappa shape index (κ3) is 3.40. The number of nitrogens with one attached hydrogen (secondary N) is 1. The molecule has 1 saturated carbocycles. The first-order chi connectivity index (χ1) is 9.74. The summed E-state index contributed by atoms with van der Waals surface area (Å²) in [6.45, 7) is 0. The number of benzene rings is 1. The molecule has 0 saturated heterocycles. The molecule has 108 valence electrons.